The third kappa shape index (κ3) is 5.68. The number of hydrogen-bond acceptors (Lipinski definition) is 5. The molecule has 4 atom stereocenters. The molecule has 2 aliphatic rings. The second-order valence-corrected chi connectivity index (χ2v) is 10.7. The van der Waals surface area contributed by atoms with Crippen molar-refractivity contribution in [1.29, 1.82) is 0 Å². The first-order valence-electron chi connectivity index (χ1n) is 11.6. The van der Waals surface area contributed by atoms with Gasteiger partial charge in [-0.1, -0.05) is 18.6 Å². The smallest absolute Gasteiger partial charge is 0.262 e. The van der Waals surface area contributed by atoms with Crippen LogP contribution in [0, 0.1) is 17.8 Å². The van der Waals surface area contributed by atoms with Crippen LogP contribution in [0.1, 0.15) is 39.5 Å². The number of nitrogens with one attached hydrogen (secondary N) is 2. The summed E-state index contributed by atoms with van der Waals surface area (Å²) in [7, 11) is -3.62. The lowest BCUT2D eigenvalue weighted by atomic mass is 9.84. The Balaban J connectivity index is 1.30. The van der Waals surface area contributed by atoms with Crippen LogP contribution in [0.3, 0.4) is 0 Å². The Bertz CT molecular complexity index is 1070. The van der Waals surface area contributed by atoms with E-state index in [1.54, 1.807) is 30.3 Å². The van der Waals surface area contributed by atoms with Crippen LogP contribution in [0.15, 0.2) is 53.4 Å². The molecule has 2 aromatic rings. The normalized spacial score (nSPS) is 22.7. The zero-order valence-electron chi connectivity index (χ0n) is 19.1. The molecule has 33 heavy (non-hydrogen) atoms. The summed E-state index contributed by atoms with van der Waals surface area (Å²) in [6, 6.07) is 13.3. The van der Waals surface area contributed by atoms with Crippen LogP contribution in [0.25, 0.3) is 0 Å². The minimum Gasteiger partial charge on any atom is -0.490 e. The van der Waals surface area contributed by atoms with Gasteiger partial charge in [0, 0.05) is 11.7 Å². The number of ether oxygens (including phenoxy) is 2. The first-order chi connectivity index (χ1) is 15.9. The van der Waals surface area contributed by atoms with Crippen molar-refractivity contribution in [3.8, 4) is 11.5 Å². The zero-order valence-corrected chi connectivity index (χ0v) is 19.9. The SMILES string of the molecule is CCOc1ccccc1OCC(=O)Nc1ccc(S(=O)(=O)NC(C)C2CC3CCC2C3)cc1. The molecule has 0 spiro atoms. The Kier molecular flexibility index (Phi) is 7.24. The van der Waals surface area contributed by atoms with Gasteiger partial charge in [-0.05, 0) is 87.3 Å². The summed E-state index contributed by atoms with van der Waals surface area (Å²) >= 11 is 0. The highest BCUT2D eigenvalue weighted by molar-refractivity contribution is 7.89. The molecule has 2 bridgehead atoms. The van der Waals surface area contributed by atoms with Gasteiger partial charge in [0.15, 0.2) is 18.1 Å². The molecule has 0 radical (unpaired) electrons. The Morgan fingerprint density at radius 2 is 1.73 bits per heavy atom. The molecule has 0 saturated heterocycles. The summed E-state index contributed by atoms with van der Waals surface area (Å²) in [5, 5.41) is 2.73. The van der Waals surface area contributed by atoms with E-state index >= 15 is 0 Å². The molecule has 7 nitrogen and oxygen atoms in total. The molecule has 0 aromatic heterocycles. The van der Waals surface area contributed by atoms with Gasteiger partial charge in [0.2, 0.25) is 10.0 Å². The van der Waals surface area contributed by atoms with E-state index in [0.717, 1.165) is 12.3 Å². The quantitative estimate of drug-likeness (QED) is 0.540. The average molecular weight is 473 g/mol. The topological polar surface area (TPSA) is 93.7 Å². The van der Waals surface area contributed by atoms with Crippen molar-refractivity contribution < 1.29 is 22.7 Å². The van der Waals surface area contributed by atoms with Crippen LogP contribution in [0.4, 0.5) is 5.69 Å². The van der Waals surface area contributed by atoms with E-state index in [9.17, 15) is 13.2 Å². The molecular formula is C25H32N2O5S. The standard InChI is InChI=1S/C25H32N2O5S/c1-3-31-23-6-4-5-7-24(23)32-16-25(28)26-20-10-12-21(13-11-20)33(29,30)27-17(2)22-15-18-8-9-19(22)14-18/h4-7,10-13,17-19,22,27H,3,8-9,14-16H2,1-2H3,(H,26,28). The summed E-state index contributed by atoms with van der Waals surface area (Å²) < 4.78 is 39.6. The number of carbonyl (C=O) groups excluding carboxylic acids is 1. The van der Waals surface area contributed by atoms with Crippen LogP contribution in [0.5, 0.6) is 11.5 Å². The predicted octanol–water partition coefficient (Wildman–Crippen LogP) is 4.21. The largest absolute Gasteiger partial charge is 0.490 e. The monoisotopic (exact) mass is 472 g/mol. The summed E-state index contributed by atoms with van der Waals surface area (Å²) in [5.74, 6) is 2.56. The number of rotatable bonds is 10. The summed E-state index contributed by atoms with van der Waals surface area (Å²) in [6.07, 6.45) is 4.87. The summed E-state index contributed by atoms with van der Waals surface area (Å²) in [4.78, 5) is 12.5. The second kappa shape index (κ2) is 10.1. The highest BCUT2D eigenvalue weighted by atomic mass is 32.2. The van der Waals surface area contributed by atoms with Crippen molar-refractivity contribution in [2.75, 3.05) is 18.5 Å². The molecule has 0 heterocycles. The molecule has 2 aromatic carbocycles. The number of carbonyl (C=O) groups is 1. The molecular weight excluding hydrogens is 440 g/mol. The van der Waals surface area contributed by atoms with Gasteiger partial charge in [0.05, 0.1) is 11.5 Å². The van der Waals surface area contributed by atoms with E-state index < -0.39 is 10.0 Å². The van der Waals surface area contributed by atoms with Gasteiger partial charge in [-0.3, -0.25) is 4.79 Å². The number of amides is 1. The van der Waals surface area contributed by atoms with Gasteiger partial charge in [0.25, 0.3) is 5.91 Å². The minimum atomic E-state index is -3.62. The van der Waals surface area contributed by atoms with Gasteiger partial charge >= 0.3 is 0 Å². The molecule has 4 unspecified atom stereocenters. The van der Waals surface area contributed by atoms with Crippen molar-refractivity contribution in [3.05, 3.63) is 48.5 Å². The maximum atomic E-state index is 12.9. The van der Waals surface area contributed by atoms with Crippen LogP contribution in [0.2, 0.25) is 0 Å². The molecule has 0 aliphatic heterocycles. The third-order valence-corrected chi connectivity index (χ3v) is 8.31. The molecule has 1 amide bonds. The lowest BCUT2D eigenvalue weighted by molar-refractivity contribution is -0.118. The molecule has 4 rings (SSSR count). The van der Waals surface area contributed by atoms with Gasteiger partial charge in [-0.25, -0.2) is 13.1 Å². The predicted molar refractivity (Wildman–Crippen MR) is 127 cm³/mol. The van der Waals surface area contributed by atoms with E-state index in [1.165, 1.54) is 31.4 Å². The fraction of sp³-hybridized carbons (Fsp3) is 0.480. The maximum absolute atomic E-state index is 12.9. The first kappa shape index (κ1) is 23.6. The average Bonchev–Trinajstić information content (AvgIpc) is 3.43. The number of anilines is 1. The van der Waals surface area contributed by atoms with Crippen LogP contribution in [-0.4, -0.2) is 33.6 Å². The second-order valence-electron chi connectivity index (χ2n) is 8.99. The van der Waals surface area contributed by atoms with E-state index in [1.807, 2.05) is 19.9 Å². The lowest BCUT2D eigenvalue weighted by Crippen LogP contribution is -2.40. The molecule has 2 fully saturated rings. The molecule has 2 aliphatic carbocycles. The van der Waals surface area contributed by atoms with Crippen LogP contribution < -0.4 is 19.5 Å². The zero-order chi connectivity index (χ0) is 23.4. The van der Waals surface area contributed by atoms with Crippen molar-refractivity contribution in [1.82, 2.24) is 4.72 Å². The fourth-order valence-corrected chi connectivity index (χ4v) is 6.50. The highest BCUT2D eigenvalue weighted by Gasteiger charge is 2.42. The lowest BCUT2D eigenvalue weighted by Gasteiger charge is -2.28. The number of sulfonamides is 1. The molecule has 2 saturated carbocycles. The van der Waals surface area contributed by atoms with Crippen molar-refractivity contribution in [3.63, 3.8) is 0 Å². The van der Waals surface area contributed by atoms with Gasteiger partial charge in [-0.15, -0.1) is 0 Å². The first-order valence-corrected chi connectivity index (χ1v) is 13.1. The summed E-state index contributed by atoms with van der Waals surface area (Å²) in [6.45, 7) is 4.16. The summed E-state index contributed by atoms with van der Waals surface area (Å²) in [5.41, 5.74) is 0.502. The van der Waals surface area contributed by atoms with E-state index in [0.29, 0.717) is 35.6 Å². The van der Waals surface area contributed by atoms with Crippen molar-refractivity contribution in [2.45, 2.75) is 50.5 Å². The van der Waals surface area contributed by atoms with E-state index in [4.69, 9.17) is 9.47 Å². The van der Waals surface area contributed by atoms with E-state index in [-0.39, 0.29) is 23.5 Å². The van der Waals surface area contributed by atoms with Crippen molar-refractivity contribution >= 4 is 21.6 Å². The Hall–Kier alpha value is -2.58. The van der Waals surface area contributed by atoms with E-state index in [2.05, 4.69) is 10.0 Å². The maximum Gasteiger partial charge on any atom is 0.262 e. The Labute approximate surface area is 195 Å². The van der Waals surface area contributed by atoms with Gasteiger partial charge < -0.3 is 14.8 Å². The molecule has 8 heteroatoms. The highest BCUT2D eigenvalue weighted by Crippen LogP contribution is 2.49. The fourth-order valence-electron chi connectivity index (χ4n) is 5.21. The third-order valence-electron chi connectivity index (χ3n) is 6.73. The Morgan fingerprint density at radius 3 is 2.33 bits per heavy atom. The molecule has 2 N–H and O–H groups in total. The van der Waals surface area contributed by atoms with Crippen LogP contribution in [-0.2, 0) is 14.8 Å². The number of fused-ring (bicyclic) bond motifs is 2. The van der Waals surface area contributed by atoms with Crippen molar-refractivity contribution in [2.24, 2.45) is 17.8 Å². The Morgan fingerprint density at radius 1 is 1.03 bits per heavy atom. The minimum absolute atomic E-state index is 0.0820. The number of para-hydroxylation sites is 2. The molecule has 178 valence electrons. The van der Waals surface area contributed by atoms with Gasteiger partial charge in [-0.2, -0.15) is 0 Å². The number of benzene rings is 2. The van der Waals surface area contributed by atoms with Gasteiger partial charge in [0.1, 0.15) is 0 Å². The van der Waals surface area contributed by atoms with Crippen LogP contribution >= 0.6 is 0 Å². The number of hydrogen-bond donors (Lipinski definition) is 2.